The molecule has 2 aromatic carbocycles. The van der Waals surface area contributed by atoms with E-state index >= 15 is 0 Å². The second-order valence-electron chi connectivity index (χ2n) is 20.4. The molecule has 0 saturated carbocycles. The van der Waals surface area contributed by atoms with Crippen LogP contribution in [0.5, 0.6) is 0 Å². The van der Waals surface area contributed by atoms with Gasteiger partial charge in [-0.05, 0) is 116 Å². The van der Waals surface area contributed by atoms with Crippen molar-refractivity contribution in [3.8, 4) is 0 Å². The summed E-state index contributed by atoms with van der Waals surface area (Å²) in [5.41, 5.74) is 2.44. The predicted molar refractivity (Wildman–Crippen MR) is 243 cm³/mol. The molecule has 0 unspecified atom stereocenters. The third-order valence-electron chi connectivity index (χ3n) is 14.6. The quantitative estimate of drug-likeness (QED) is 0.0604. The van der Waals surface area contributed by atoms with Crippen LogP contribution in [0.15, 0.2) is 24.3 Å². The molecular formula is C47H84O9P2. The highest BCUT2D eigenvalue weighted by atomic mass is 31.2. The third-order valence-corrected chi connectivity index (χ3v) is 15.8. The Morgan fingerprint density at radius 2 is 0.621 bits per heavy atom. The van der Waals surface area contributed by atoms with Gasteiger partial charge < -0.3 is 40.0 Å². The van der Waals surface area contributed by atoms with Gasteiger partial charge in [0.1, 0.15) is 5.60 Å². The number of aliphatic hydroxyl groups is 4. The first-order chi connectivity index (χ1) is 26.3. The van der Waals surface area contributed by atoms with E-state index in [-0.39, 0.29) is 10.8 Å². The summed E-state index contributed by atoms with van der Waals surface area (Å²) in [6.07, 6.45) is 5.14. The van der Waals surface area contributed by atoms with Crippen molar-refractivity contribution in [3.05, 3.63) is 68.8 Å². The van der Waals surface area contributed by atoms with E-state index in [1.807, 2.05) is 0 Å². The van der Waals surface area contributed by atoms with Gasteiger partial charge in [0.25, 0.3) is 0 Å². The maximum absolute atomic E-state index is 14.6. The third kappa shape index (κ3) is 11.3. The van der Waals surface area contributed by atoms with Gasteiger partial charge in [-0.25, -0.2) is 4.31 Å². The number of hydrogen-bond acceptors (Lipinski definition) is 9. The van der Waals surface area contributed by atoms with E-state index in [1.165, 1.54) is 11.1 Å². The van der Waals surface area contributed by atoms with Crippen molar-refractivity contribution in [2.75, 3.05) is 19.8 Å². The first-order valence-electron chi connectivity index (χ1n) is 21.3. The van der Waals surface area contributed by atoms with E-state index < -0.39 is 69.7 Å². The second-order valence-corrected chi connectivity index (χ2v) is 22.0. The lowest BCUT2D eigenvalue weighted by Gasteiger charge is -2.53. The normalized spacial score (nSPS) is 14.0. The molecule has 336 valence electrons. The first-order valence-corrected chi connectivity index (χ1v) is 23.7. The number of rotatable bonds is 20. The van der Waals surface area contributed by atoms with Crippen molar-refractivity contribution < 1.29 is 44.3 Å². The Kier molecular flexibility index (Phi) is 19.3. The van der Waals surface area contributed by atoms with Gasteiger partial charge in [0.2, 0.25) is 0 Å². The molecule has 0 heterocycles. The minimum atomic E-state index is -2.61. The van der Waals surface area contributed by atoms with Crippen LogP contribution in [0, 0.1) is 5.41 Å². The van der Waals surface area contributed by atoms with Crippen LogP contribution in [0.2, 0.25) is 0 Å². The fraction of sp³-hybridized carbons (Fsp3) is 0.745. The fourth-order valence-corrected chi connectivity index (χ4v) is 7.89. The van der Waals surface area contributed by atoms with E-state index in [1.54, 1.807) is 0 Å². The van der Waals surface area contributed by atoms with E-state index in [0.29, 0.717) is 0 Å². The Labute approximate surface area is 355 Å². The summed E-state index contributed by atoms with van der Waals surface area (Å²) in [5.74, 6) is 0. The summed E-state index contributed by atoms with van der Waals surface area (Å²) in [7, 11) is -5.22. The summed E-state index contributed by atoms with van der Waals surface area (Å²) in [6.45, 7) is 38.6. The average Bonchev–Trinajstić information content (AvgIpc) is 3.17. The molecule has 0 aromatic heterocycles. The largest absolute Gasteiger partial charge is 0.395 e. The zero-order valence-electron chi connectivity index (χ0n) is 39.6. The zero-order valence-corrected chi connectivity index (χ0v) is 41.3. The summed E-state index contributed by atoms with van der Waals surface area (Å²) < 4.78 is 3.60. The molecular weight excluding hydrogens is 770 g/mol. The molecule has 58 heavy (non-hydrogen) atoms. The van der Waals surface area contributed by atoms with Crippen LogP contribution in [0.25, 0.3) is 0 Å². The summed E-state index contributed by atoms with van der Waals surface area (Å²) in [5, 5.41) is 49.5. The van der Waals surface area contributed by atoms with Gasteiger partial charge in [0.05, 0.1) is 25.2 Å². The molecule has 0 aliphatic heterocycles. The molecule has 0 aliphatic carbocycles. The van der Waals surface area contributed by atoms with Crippen LogP contribution in [0.1, 0.15) is 208 Å². The first kappa shape index (κ1) is 55.0. The lowest BCUT2D eigenvalue weighted by molar-refractivity contribution is -0.138. The van der Waals surface area contributed by atoms with Crippen LogP contribution in [-0.4, -0.2) is 59.8 Å². The van der Waals surface area contributed by atoms with Crippen LogP contribution in [0.4, 0.5) is 0 Å². The van der Waals surface area contributed by atoms with Crippen molar-refractivity contribution in [2.24, 2.45) is 5.41 Å². The molecule has 9 nitrogen and oxygen atoms in total. The molecule has 0 saturated heterocycles. The number of hydrogen-bond donors (Lipinski definition) is 8. The number of benzene rings is 2. The summed E-state index contributed by atoms with van der Waals surface area (Å²) >= 11 is 0. The van der Waals surface area contributed by atoms with Crippen molar-refractivity contribution >= 4 is 17.2 Å². The average molecular weight is 855 g/mol. The van der Waals surface area contributed by atoms with Gasteiger partial charge >= 0.3 is 17.2 Å². The van der Waals surface area contributed by atoms with Gasteiger partial charge in [0, 0.05) is 0 Å². The van der Waals surface area contributed by atoms with E-state index in [0.717, 1.165) is 71.9 Å². The molecule has 0 bridgehead atoms. The molecule has 0 spiro atoms. The van der Waals surface area contributed by atoms with E-state index in [4.69, 9.17) is 19.6 Å². The minimum absolute atomic E-state index is 0.131. The van der Waals surface area contributed by atoms with Crippen molar-refractivity contribution in [1.29, 1.82) is 0 Å². The standard InChI is InChI=1S/C47H80O4.H4O5P2/c1-19-40(7,8)32-25-34(42(11,12)21-3)38(35(26-32)43(13,14)22-4)47(51,46(29-48,30-49)31-50)39-36(44(15,16)23-5)27-33(41(9,10)20-2)28-37(39)45(17,18)24-6;1-6(2)5-7(3)4/h25-28,48-51H,19-24,29-31H2,1-18H3;1-4H. The van der Waals surface area contributed by atoms with Crippen molar-refractivity contribution in [3.63, 3.8) is 0 Å². The maximum Gasteiger partial charge on any atom is 0.334 e. The maximum atomic E-state index is 14.6. The smallest absolute Gasteiger partial charge is 0.334 e. The summed E-state index contributed by atoms with van der Waals surface area (Å²) in [6, 6.07) is 9.24. The Balaban J connectivity index is 0.00000219. The molecule has 11 heteroatoms. The van der Waals surface area contributed by atoms with Crippen LogP contribution in [0.3, 0.4) is 0 Å². The molecule has 0 aliphatic rings. The fourth-order valence-electron chi connectivity index (χ4n) is 7.36. The molecule has 2 rings (SSSR count). The van der Waals surface area contributed by atoms with Crippen molar-refractivity contribution in [2.45, 2.75) is 201 Å². The van der Waals surface area contributed by atoms with Gasteiger partial charge in [0.15, 0.2) is 0 Å². The highest BCUT2D eigenvalue weighted by molar-refractivity contribution is 7.53. The van der Waals surface area contributed by atoms with Crippen LogP contribution >= 0.6 is 17.2 Å². The molecule has 0 amide bonds. The lowest BCUT2D eigenvalue weighted by atomic mass is 9.54. The number of aliphatic hydroxyl groups excluding tert-OH is 3. The molecule has 0 fully saturated rings. The Morgan fingerprint density at radius 3 is 0.759 bits per heavy atom. The molecule has 8 N–H and O–H groups in total. The second kappa shape index (κ2) is 20.4. The van der Waals surface area contributed by atoms with Gasteiger partial charge in [-0.2, -0.15) is 0 Å². The SMILES string of the molecule is CCC(C)(C)c1cc(C(C)(C)CC)c(C(O)(c2c(C(C)(C)CC)cc(C(C)(C)CC)cc2C(C)(C)CC)C(CO)(CO)CO)c(C(C)(C)CC)c1.OP(O)OP(O)O. The van der Waals surface area contributed by atoms with Gasteiger partial charge in [-0.1, -0.05) is 149 Å². The Hall–Kier alpha value is -1.06. The predicted octanol–water partition coefficient (Wildman–Crippen LogP) is 10.4. The summed E-state index contributed by atoms with van der Waals surface area (Å²) in [4.78, 5) is 31.3. The van der Waals surface area contributed by atoms with Crippen LogP contribution in [-0.2, 0) is 42.4 Å². The van der Waals surface area contributed by atoms with Gasteiger partial charge in [-0.15, -0.1) is 0 Å². The van der Waals surface area contributed by atoms with E-state index in [9.17, 15) is 20.4 Å². The monoisotopic (exact) mass is 855 g/mol. The Bertz CT molecular complexity index is 1430. The topological polar surface area (TPSA) is 171 Å². The molecule has 0 atom stereocenters. The lowest BCUT2D eigenvalue weighted by Crippen LogP contribution is -2.57. The van der Waals surface area contributed by atoms with Crippen LogP contribution < -0.4 is 0 Å². The van der Waals surface area contributed by atoms with Gasteiger partial charge in [-0.3, -0.25) is 0 Å². The minimum Gasteiger partial charge on any atom is -0.395 e. The molecule has 0 radical (unpaired) electrons. The zero-order chi connectivity index (χ0) is 45.7. The van der Waals surface area contributed by atoms with Crippen molar-refractivity contribution in [1.82, 2.24) is 0 Å². The molecule has 2 aromatic rings. The van der Waals surface area contributed by atoms with E-state index in [2.05, 4.69) is 153 Å². The highest BCUT2D eigenvalue weighted by Gasteiger charge is 2.58. The Morgan fingerprint density at radius 1 is 0.414 bits per heavy atom. The highest BCUT2D eigenvalue weighted by Crippen LogP contribution is 2.58.